The second-order valence-corrected chi connectivity index (χ2v) is 3.54. The lowest BCUT2D eigenvalue weighted by Crippen LogP contribution is -2.32. The molecule has 3 heteroatoms. The van der Waals surface area contributed by atoms with E-state index in [0.29, 0.717) is 6.04 Å². The minimum absolute atomic E-state index is 0.0836. The van der Waals surface area contributed by atoms with Crippen LogP contribution in [-0.2, 0) is 4.79 Å². The molecular weight excluding hydrogens is 182 g/mol. The molecule has 0 fully saturated rings. The van der Waals surface area contributed by atoms with Crippen LogP contribution in [0.1, 0.15) is 47.0 Å². The van der Waals surface area contributed by atoms with Gasteiger partial charge < -0.3 is 5.32 Å². The van der Waals surface area contributed by atoms with Gasteiger partial charge in [0.1, 0.15) is 0 Å². The van der Waals surface area contributed by atoms with Gasteiger partial charge in [-0.15, -0.1) is 0 Å². The van der Waals surface area contributed by atoms with E-state index in [9.17, 15) is 4.79 Å². The van der Waals surface area contributed by atoms with Crippen molar-refractivity contribution in [3.05, 3.63) is 0 Å². The second kappa shape index (κ2) is 11.8. The standard InChI is InChI=1S/C8H17NO.C2H6S/c1-4-6-8(5-2)9-7(3)10;1-2-3/h8H,4-6H2,1-3H3,(H,9,10);3H,2H2,1H3. The van der Waals surface area contributed by atoms with E-state index >= 15 is 0 Å². The van der Waals surface area contributed by atoms with Crippen molar-refractivity contribution in [3.63, 3.8) is 0 Å². The molecule has 13 heavy (non-hydrogen) atoms. The molecular formula is C10H23NOS. The molecule has 0 bridgehead atoms. The third-order valence-corrected chi connectivity index (χ3v) is 1.54. The number of thiol groups is 1. The average molecular weight is 205 g/mol. The molecule has 0 radical (unpaired) electrons. The Balaban J connectivity index is 0. The molecule has 1 N–H and O–H groups in total. The fraction of sp³-hybridized carbons (Fsp3) is 0.900. The van der Waals surface area contributed by atoms with Crippen LogP contribution in [0, 0.1) is 0 Å². The van der Waals surface area contributed by atoms with Crippen LogP contribution < -0.4 is 5.32 Å². The van der Waals surface area contributed by atoms with Gasteiger partial charge >= 0.3 is 0 Å². The molecule has 0 aliphatic carbocycles. The Kier molecular flexibility index (Phi) is 13.9. The van der Waals surface area contributed by atoms with Crippen molar-refractivity contribution in [2.45, 2.75) is 53.0 Å². The van der Waals surface area contributed by atoms with Crippen LogP contribution in [0.2, 0.25) is 0 Å². The van der Waals surface area contributed by atoms with Gasteiger partial charge in [0.15, 0.2) is 0 Å². The highest BCUT2D eigenvalue weighted by Crippen LogP contribution is 1.99. The number of amides is 1. The van der Waals surface area contributed by atoms with E-state index in [2.05, 4.69) is 31.8 Å². The highest BCUT2D eigenvalue weighted by molar-refractivity contribution is 7.80. The molecule has 0 aromatic carbocycles. The molecule has 0 aliphatic heterocycles. The van der Waals surface area contributed by atoms with E-state index in [1.165, 1.54) is 0 Å². The highest BCUT2D eigenvalue weighted by Gasteiger charge is 2.04. The van der Waals surface area contributed by atoms with E-state index in [4.69, 9.17) is 0 Å². The Labute approximate surface area is 87.9 Å². The average Bonchev–Trinajstić information content (AvgIpc) is 2.04. The molecule has 0 saturated carbocycles. The molecule has 0 saturated heterocycles. The normalized spacial score (nSPS) is 11.2. The first kappa shape index (κ1) is 15.3. The first-order valence-electron chi connectivity index (χ1n) is 5.00. The first-order valence-corrected chi connectivity index (χ1v) is 5.63. The van der Waals surface area contributed by atoms with Crippen LogP contribution in [0.15, 0.2) is 0 Å². The summed E-state index contributed by atoms with van der Waals surface area (Å²) in [5, 5.41) is 2.89. The van der Waals surface area contributed by atoms with Gasteiger partial charge in [0.05, 0.1) is 0 Å². The van der Waals surface area contributed by atoms with Crippen molar-refractivity contribution in [3.8, 4) is 0 Å². The van der Waals surface area contributed by atoms with Crippen LogP contribution in [0.4, 0.5) is 0 Å². The van der Waals surface area contributed by atoms with Crippen molar-refractivity contribution < 1.29 is 4.79 Å². The van der Waals surface area contributed by atoms with Crippen molar-refractivity contribution in [2.75, 3.05) is 5.75 Å². The predicted molar refractivity (Wildman–Crippen MR) is 62.3 cm³/mol. The maximum atomic E-state index is 10.6. The SMILES string of the molecule is CCCC(CC)NC(C)=O.CCS. The summed E-state index contributed by atoms with van der Waals surface area (Å²) in [6.07, 6.45) is 3.27. The van der Waals surface area contributed by atoms with Gasteiger partial charge in [-0.05, 0) is 18.6 Å². The Morgan fingerprint density at radius 3 is 2.08 bits per heavy atom. The van der Waals surface area contributed by atoms with E-state index in [1.807, 2.05) is 6.92 Å². The van der Waals surface area contributed by atoms with E-state index in [0.717, 1.165) is 25.0 Å². The number of hydrogen-bond acceptors (Lipinski definition) is 2. The summed E-state index contributed by atoms with van der Waals surface area (Å²) in [6.45, 7) is 7.78. The quantitative estimate of drug-likeness (QED) is 0.679. The summed E-state index contributed by atoms with van der Waals surface area (Å²) in [7, 11) is 0. The Bertz CT molecular complexity index is 117. The minimum Gasteiger partial charge on any atom is -0.354 e. The third kappa shape index (κ3) is 14.7. The lowest BCUT2D eigenvalue weighted by Gasteiger charge is -2.13. The molecule has 1 unspecified atom stereocenters. The van der Waals surface area contributed by atoms with E-state index in [-0.39, 0.29) is 5.91 Å². The zero-order valence-corrected chi connectivity index (χ0v) is 10.2. The molecule has 0 aromatic heterocycles. The summed E-state index contributed by atoms with van der Waals surface area (Å²) in [5.74, 6) is 1.03. The van der Waals surface area contributed by atoms with Gasteiger partial charge in [-0.25, -0.2) is 0 Å². The molecule has 80 valence electrons. The summed E-state index contributed by atoms with van der Waals surface area (Å²) in [5.41, 5.74) is 0. The number of rotatable bonds is 4. The number of carbonyl (C=O) groups is 1. The summed E-state index contributed by atoms with van der Waals surface area (Å²) in [6, 6.07) is 0.391. The molecule has 0 rings (SSSR count). The summed E-state index contributed by atoms with van der Waals surface area (Å²) >= 11 is 3.79. The van der Waals surface area contributed by atoms with Crippen molar-refractivity contribution in [2.24, 2.45) is 0 Å². The first-order chi connectivity index (χ1) is 6.12. The molecule has 1 amide bonds. The van der Waals surface area contributed by atoms with Gasteiger partial charge in [0.25, 0.3) is 0 Å². The third-order valence-electron chi connectivity index (χ3n) is 1.54. The number of nitrogens with one attached hydrogen (secondary N) is 1. The molecule has 2 nitrogen and oxygen atoms in total. The second-order valence-electron chi connectivity index (χ2n) is 2.91. The van der Waals surface area contributed by atoms with Crippen molar-refractivity contribution in [1.82, 2.24) is 5.32 Å². The fourth-order valence-corrected chi connectivity index (χ4v) is 1.01. The number of carbonyl (C=O) groups excluding carboxylic acids is 1. The molecule has 0 heterocycles. The zero-order chi connectivity index (χ0) is 10.7. The molecule has 1 atom stereocenters. The molecule has 0 aliphatic rings. The zero-order valence-electron chi connectivity index (χ0n) is 9.26. The topological polar surface area (TPSA) is 29.1 Å². The summed E-state index contributed by atoms with van der Waals surface area (Å²) < 4.78 is 0. The largest absolute Gasteiger partial charge is 0.354 e. The van der Waals surface area contributed by atoms with Crippen LogP contribution in [0.25, 0.3) is 0 Å². The van der Waals surface area contributed by atoms with Gasteiger partial charge in [-0.1, -0.05) is 27.2 Å². The smallest absolute Gasteiger partial charge is 0.217 e. The van der Waals surface area contributed by atoms with E-state index < -0.39 is 0 Å². The summed E-state index contributed by atoms with van der Waals surface area (Å²) in [4.78, 5) is 10.6. The van der Waals surface area contributed by atoms with Crippen molar-refractivity contribution in [1.29, 1.82) is 0 Å². The Hall–Kier alpha value is -0.180. The molecule has 0 aromatic rings. The lowest BCUT2D eigenvalue weighted by atomic mass is 10.1. The van der Waals surface area contributed by atoms with Gasteiger partial charge in [-0.2, -0.15) is 12.6 Å². The predicted octanol–water partition coefficient (Wildman–Crippen LogP) is 2.64. The van der Waals surface area contributed by atoms with Gasteiger partial charge in [0, 0.05) is 13.0 Å². The fourth-order valence-electron chi connectivity index (χ4n) is 1.01. The Morgan fingerprint density at radius 1 is 1.38 bits per heavy atom. The lowest BCUT2D eigenvalue weighted by molar-refractivity contribution is -0.119. The Morgan fingerprint density at radius 2 is 1.85 bits per heavy atom. The van der Waals surface area contributed by atoms with Crippen LogP contribution in [-0.4, -0.2) is 17.7 Å². The maximum absolute atomic E-state index is 10.6. The monoisotopic (exact) mass is 205 g/mol. The minimum atomic E-state index is 0.0836. The van der Waals surface area contributed by atoms with Crippen LogP contribution in [0.5, 0.6) is 0 Å². The van der Waals surface area contributed by atoms with E-state index in [1.54, 1.807) is 6.92 Å². The van der Waals surface area contributed by atoms with Gasteiger partial charge in [0.2, 0.25) is 5.91 Å². The maximum Gasteiger partial charge on any atom is 0.217 e. The van der Waals surface area contributed by atoms with Crippen molar-refractivity contribution >= 4 is 18.5 Å². The number of hydrogen-bond donors (Lipinski definition) is 2. The molecule has 0 spiro atoms. The van der Waals surface area contributed by atoms with Crippen LogP contribution >= 0.6 is 12.6 Å². The van der Waals surface area contributed by atoms with Gasteiger partial charge in [-0.3, -0.25) is 4.79 Å². The van der Waals surface area contributed by atoms with Crippen LogP contribution in [0.3, 0.4) is 0 Å². The highest BCUT2D eigenvalue weighted by atomic mass is 32.1.